The molecule has 5 heterocycles. The van der Waals surface area contributed by atoms with Crippen LogP contribution < -0.4 is 26.2 Å². The Morgan fingerprint density at radius 3 is 1.86 bits per heavy atom. The first-order valence-corrected chi connectivity index (χ1v) is 30.1. The first kappa shape index (κ1) is 49.5. The van der Waals surface area contributed by atoms with E-state index in [1.165, 1.54) is 150 Å². The first-order chi connectivity index (χ1) is 36.3. The molecule has 390 valence electrons. The summed E-state index contributed by atoms with van der Waals surface area (Å²) in [4.78, 5) is 5.48. The van der Waals surface area contributed by atoms with Gasteiger partial charge in [-0.2, -0.15) is 0 Å². The average Bonchev–Trinajstić information content (AvgIpc) is 4.07. The summed E-state index contributed by atoms with van der Waals surface area (Å²) in [6.07, 6.45) is 8.06. The lowest BCUT2D eigenvalue weighted by molar-refractivity contribution is 0.151. The number of hydrogen-bond donors (Lipinski definition) is 0. The smallest absolute Gasteiger partial charge is 0.252 e. The number of benzene rings is 7. The van der Waals surface area contributed by atoms with Gasteiger partial charge in [0.05, 0.1) is 10.4 Å². The summed E-state index contributed by atoms with van der Waals surface area (Å²) in [6.45, 7) is 42.7. The molecular formula is C73H79BN2S. The van der Waals surface area contributed by atoms with Gasteiger partial charge in [0, 0.05) is 60.2 Å². The third-order valence-electron chi connectivity index (χ3n) is 21.7. The molecule has 4 aliphatic heterocycles. The molecule has 6 bridgehead atoms. The Hall–Kier alpha value is -5.84. The monoisotopic (exact) mass is 1030 g/mol. The number of thiophene rings is 1. The van der Waals surface area contributed by atoms with Crippen LogP contribution >= 0.6 is 11.3 Å². The maximum Gasteiger partial charge on any atom is 0.252 e. The highest BCUT2D eigenvalue weighted by molar-refractivity contribution is 7.26. The van der Waals surface area contributed by atoms with Gasteiger partial charge in [0.1, 0.15) is 0 Å². The van der Waals surface area contributed by atoms with Crippen LogP contribution in [0.5, 0.6) is 0 Å². The standard InChI is InChI=1S/C73H79BN2S/c1-42-32-62-65-63(33-42)76-59-40-55-51(35-44(59)3)68(8,9)30-31-71(55,14)54-34-43(2)49(37-50(54)67(5,6)7)73(16)29-20-19-28-72(73,15)45(4)46-26-27-56(60(76)36-46)74(65)57-38-52-53(70(12,13)41-69(52,10)11)39-61(57)75(62)58-24-21-23-48-47-22-17-18-25-64(47)77-66(48)58/h17-18,21-27,32-40H,4,19-20,28-31,41H2,1-3,5-16H3. The molecule has 3 aliphatic carbocycles. The van der Waals surface area contributed by atoms with Crippen molar-refractivity contribution in [3.05, 3.63) is 177 Å². The summed E-state index contributed by atoms with van der Waals surface area (Å²) in [5.74, 6) is 0. The second kappa shape index (κ2) is 15.7. The molecule has 4 heteroatoms. The van der Waals surface area contributed by atoms with E-state index < -0.39 is 0 Å². The van der Waals surface area contributed by atoms with Crippen LogP contribution in [0.3, 0.4) is 0 Å². The van der Waals surface area contributed by atoms with Crippen molar-refractivity contribution in [3.8, 4) is 0 Å². The molecule has 8 aromatic rings. The minimum absolute atomic E-state index is 0.0129. The van der Waals surface area contributed by atoms with E-state index in [0.29, 0.717) is 0 Å². The van der Waals surface area contributed by atoms with Gasteiger partial charge in [-0.05, 0) is 200 Å². The zero-order valence-corrected chi connectivity index (χ0v) is 49.7. The van der Waals surface area contributed by atoms with Gasteiger partial charge in [0.15, 0.2) is 0 Å². The lowest BCUT2D eigenvalue weighted by Gasteiger charge is -2.53. The van der Waals surface area contributed by atoms with Crippen LogP contribution in [0.1, 0.15) is 189 Å². The SMILES string of the molecule is C=C1c2ccc3c(c2)N(c2cc4c(cc2C)C(C)(C)CCC4(C)c2cc(C)c(cc2C(C)(C)C)C2(C)CCCCC12C)c1cc(C)cc2c1B3c1cc3c(cc1N2c1cccc2c1sc1ccccc12)C(C)(C)CC3(C)C. The number of hydrogen-bond acceptors (Lipinski definition) is 3. The normalized spacial score (nSPS) is 24.1. The van der Waals surface area contributed by atoms with Gasteiger partial charge in [-0.1, -0.05) is 169 Å². The molecule has 0 radical (unpaired) electrons. The second-order valence-corrected chi connectivity index (χ2v) is 30.0. The predicted molar refractivity (Wildman–Crippen MR) is 335 cm³/mol. The summed E-state index contributed by atoms with van der Waals surface area (Å²) >= 11 is 1.94. The van der Waals surface area contributed by atoms with E-state index in [9.17, 15) is 0 Å². The largest absolute Gasteiger partial charge is 0.311 e. The van der Waals surface area contributed by atoms with Crippen molar-refractivity contribution in [1.29, 1.82) is 0 Å². The van der Waals surface area contributed by atoms with Gasteiger partial charge in [0.25, 0.3) is 6.71 Å². The molecular weight excluding hydrogens is 948 g/mol. The van der Waals surface area contributed by atoms with E-state index >= 15 is 0 Å². The van der Waals surface area contributed by atoms with Crippen molar-refractivity contribution in [1.82, 2.24) is 0 Å². The summed E-state index contributed by atoms with van der Waals surface area (Å²) in [5.41, 5.74) is 28.6. The van der Waals surface area contributed by atoms with Gasteiger partial charge in [-0.15, -0.1) is 11.3 Å². The Kier molecular flexibility index (Phi) is 10.1. The number of rotatable bonds is 1. The van der Waals surface area contributed by atoms with E-state index in [0.717, 1.165) is 32.1 Å². The summed E-state index contributed by atoms with van der Waals surface area (Å²) in [7, 11) is 0. The third-order valence-corrected chi connectivity index (χ3v) is 22.9. The fourth-order valence-electron chi connectivity index (χ4n) is 17.4. The third kappa shape index (κ3) is 6.55. The molecule has 0 N–H and O–H groups in total. The van der Waals surface area contributed by atoms with Crippen molar-refractivity contribution in [2.24, 2.45) is 5.41 Å². The van der Waals surface area contributed by atoms with E-state index in [-0.39, 0.29) is 44.6 Å². The van der Waals surface area contributed by atoms with E-state index in [1.807, 2.05) is 11.3 Å². The zero-order valence-electron chi connectivity index (χ0n) is 48.9. The van der Waals surface area contributed by atoms with Crippen molar-refractivity contribution in [3.63, 3.8) is 0 Å². The van der Waals surface area contributed by atoms with Gasteiger partial charge < -0.3 is 9.80 Å². The van der Waals surface area contributed by atoms with Crippen LogP contribution in [0.15, 0.2) is 116 Å². The fourth-order valence-corrected chi connectivity index (χ4v) is 18.6. The van der Waals surface area contributed by atoms with Gasteiger partial charge in [0.2, 0.25) is 0 Å². The molecule has 7 aromatic carbocycles. The lowest BCUT2D eigenvalue weighted by Crippen LogP contribution is -2.61. The average molecular weight is 1030 g/mol. The molecule has 1 fully saturated rings. The molecule has 3 atom stereocenters. The molecule has 1 aromatic heterocycles. The molecule has 0 amide bonds. The summed E-state index contributed by atoms with van der Waals surface area (Å²) in [5, 5.41) is 2.67. The minimum atomic E-state index is -0.214. The van der Waals surface area contributed by atoms with Gasteiger partial charge in [-0.3, -0.25) is 0 Å². The number of aryl methyl sites for hydroxylation is 3. The summed E-state index contributed by atoms with van der Waals surface area (Å²) in [6, 6.07) is 44.9. The van der Waals surface area contributed by atoms with Crippen molar-refractivity contribution in [2.45, 2.75) is 181 Å². The van der Waals surface area contributed by atoms with Crippen LogP contribution in [0.4, 0.5) is 34.1 Å². The Labute approximate surface area is 465 Å². The highest BCUT2D eigenvalue weighted by Gasteiger charge is 2.53. The maximum atomic E-state index is 5.29. The maximum absolute atomic E-state index is 5.29. The Morgan fingerprint density at radius 2 is 1.13 bits per heavy atom. The van der Waals surface area contributed by atoms with Crippen LogP contribution in [-0.4, -0.2) is 6.71 Å². The minimum Gasteiger partial charge on any atom is -0.311 e. The number of fused-ring (bicyclic) bond motifs is 9. The van der Waals surface area contributed by atoms with E-state index in [1.54, 1.807) is 0 Å². The Balaban J connectivity index is 1.13. The van der Waals surface area contributed by atoms with Crippen LogP contribution in [0.2, 0.25) is 0 Å². The van der Waals surface area contributed by atoms with Crippen molar-refractivity contribution >= 4 is 94.3 Å². The zero-order chi connectivity index (χ0) is 54.1. The predicted octanol–water partition coefficient (Wildman–Crippen LogP) is 18.6. The van der Waals surface area contributed by atoms with Crippen LogP contribution in [-0.2, 0) is 32.5 Å². The topological polar surface area (TPSA) is 6.48 Å². The highest BCUT2D eigenvalue weighted by atomic mass is 32.1. The molecule has 7 aliphatic rings. The van der Waals surface area contributed by atoms with Gasteiger partial charge >= 0.3 is 0 Å². The quantitative estimate of drug-likeness (QED) is 0.151. The molecule has 15 rings (SSSR count). The van der Waals surface area contributed by atoms with Crippen molar-refractivity contribution < 1.29 is 0 Å². The van der Waals surface area contributed by atoms with Crippen LogP contribution in [0, 0.1) is 26.2 Å². The molecule has 1 saturated carbocycles. The first-order valence-electron chi connectivity index (χ1n) is 29.3. The molecule has 0 spiro atoms. The van der Waals surface area contributed by atoms with E-state index in [2.05, 4.69) is 223 Å². The number of allylic oxidation sites excluding steroid dienone is 1. The Morgan fingerprint density at radius 1 is 0.506 bits per heavy atom. The summed E-state index contributed by atoms with van der Waals surface area (Å²) < 4.78 is 2.68. The number of nitrogens with zero attached hydrogens (tertiary/aromatic N) is 2. The highest BCUT2D eigenvalue weighted by Crippen LogP contribution is 2.62. The van der Waals surface area contributed by atoms with Crippen molar-refractivity contribution in [2.75, 3.05) is 9.80 Å². The number of anilines is 6. The van der Waals surface area contributed by atoms with E-state index in [4.69, 9.17) is 6.58 Å². The van der Waals surface area contributed by atoms with Gasteiger partial charge in [-0.25, -0.2) is 0 Å². The molecule has 77 heavy (non-hydrogen) atoms. The molecule has 2 nitrogen and oxygen atoms in total. The Bertz CT molecular complexity index is 3950. The van der Waals surface area contributed by atoms with Crippen LogP contribution in [0.25, 0.3) is 25.7 Å². The lowest BCUT2D eigenvalue weighted by atomic mass is 9.33. The molecule has 3 unspecified atom stereocenters. The second-order valence-electron chi connectivity index (χ2n) is 29.0. The fraction of sp³-hybridized carbons (Fsp3) is 0.397. The molecule has 0 saturated heterocycles.